The maximum Gasteiger partial charge on any atom is 0.251 e. The molecule has 0 heterocycles. The second-order valence-corrected chi connectivity index (χ2v) is 7.32. The molecule has 0 aliphatic heterocycles. The van der Waals surface area contributed by atoms with Crippen LogP contribution in [0.3, 0.4) is 0 Å². The van der Waals surface area contributed by atoms with Gasteiger partial charge >= 0.3 is 0 Å². The average molecular weight is 533 g/mol. The van der Waals surface area contributed by atoms with Gasteiger partial charge in [-0.15, -0.1) is 35.7 Å². The monoisotopic (exact) mass is 532 g/mol. The number of carbonyl (C=O) groups excluding carboxylic acids is 1. The average Bonchev–Trinajstić information content (AvgIpc) is 2.69. The van der Waals surface area contributed by atoms with E-state index >= 15 is 0 Å². The summed E-state index contributed by atoms with van der Waals surface area (Å²) < 4.78 is 0. The SMILES string of the molecule is CCNC(=O)c1cccc(CNC(=NC)NCCSc2ccc(Cl)cc2)c1.I. The maximum atomic E-state index is 11.9. The molecule has 1 amide bonds. The first-order valence-corrected chi connectivity index (χ1v) is 10.2. The zero-order chi connectivity index (χ0) is 19.5. The first-order chi connectivity index (χ1) is 13.1. The van der Waals surface area contributed by atoms with Gasteiger partial charge in [-0.1, -0.05) is 23.7 Å². The Morgan fingerprint density at radius 2 is 1.86 bits per heavy atom. The number of hydrogen-bond acceptors (Lipinski definition) is 3. The van der Waals surface area contributed by atoms with Crippen LogP contribution in [0.1, 0.15) is 22.8 Å². The summed E-state index contributed by atoms with van der Waals surface area (Å²) in [5.74, 6) is 1.59. The minimum Gasteiger partial charge on any atom is -0.356 e. The molecular weight excluding hydrogens is 507 g/mol. The molecule has 0 atom stereocenters. The number of halogens is 2. The maximum absolute atomic E-state index is 11.9. The third kappa shape index (κ3) is 8.70. The Balaban J connectivity index is 0.00000392. The van der Waals surface area contributed by atoms with Crippen molar-refractivity contribution in [2.24, 2.45) is 4.99 Å². The van der Waals surface area contributed by atoms with Crippen LogP contribution in [0, 0.1) is 0 Å². The summed E-state index contributed by atoms with van der Waals surface area (Å²) in [5, 5.41) is 10.1. The topological polar surface area (TPSA) is 65.5 Å². The number of rotatable bonds is 8. The number of carbonyl (C=O) groups is 1. The Morgan fingerprint density at radius 3 is 2.54 bits per heavy atom. The minimum absolute atomic E-state index is 0. The fraction of sp³-hybridized carbons (Fsp3) is 0.300. The van der Waals surface area contributed by atoms with E-state index in [4.69, 9.17) is 11.6 Å². The number of thioether (sulfide) groups is 1. The Morgan fingerprint density at radius 1 is 1.11 bits per heavy atom. The molecule has 0 radical (unpaired) electrons. The predicted octanol–water partition coefficient (Wildman–Crippen LogP) is 4.17. The Kier molecular flexibility index (Phi) is 12.0. The van der Waals surface area contributed by atoms with E-state index in [-0.39, 0.29) is 29.9 Å². The van der Waals surface area contributed by atoms with Crippen LogP contribution in [0.4, 0.5) is 0 Å². The molecule has 2 aromatic rings. The zero-order valence-corrected chi connectivity index (χ0v) is 19.9. The van der Waals surface area contributed by atoms with Gasteiger partial charge in [0, 0.05) is 47.9 Å². The quantitative estimate of drug-likeness (QED) is 0.157. The molecule has 0 bridgehead atoms. The summed E-state index contributed by atoms with van der Waals surface area (Å²) >= 11 is 7.65. The predicted molar refractivity (Wildman–Crippen MR) is 130 cm³/mol. The molecule has 2 rings (SSSR count). The van der Waals surface area contributed by atoms with Crippen molar-refractivity contribution in [1.82, 2.24) is 16.0 Å². The molecule has 0 fully saturated rings. The van der Waals surface area contributed by atoms with Crippen molar-refractivity contribution in [1.29, 1.82) is 0 Å². The number of benzene rings is 2. The third-order valence-electron chi connectivity index (χ3n) is 3.69. The summed E-state index contributed by atoms with van der Waals surface area (Å²) in [4.78, 5) is 17.3. The number of aliphatic imine (C=N–C) groups is 1. The molecule has 152 valence electrons. The minimum atomic E-state index is -0.0546. The highest BCUT2D eigenvalue weighted by Crippen LogP contribution is 2.19. The van der Waals surface area contributed by atoms with Crippen LogP contribution in [0.5, 0.6) is 0 Å². The van der Waals surface area contributed by atoms with E-state index in [1.165, 1.54) is 4.90 Å². The van der Waals surface area contributed by atoms with Gasteiger partial charge in [-0.05, 0) is 48.9 Å². The van der Waals surface area contributed by atoms with Crippen LogP contribution in [0.2, 0.25) is 5.02 Å². The fourth-order valence-electron chi connectivity index (χ4n) is 2.36. The number of nitrogens with zero attached hydrogens (tertiary/aromatic N) is 1. The smallest absolute Gasteiger partial charge is 0.251 e. The second kappa shape index (κ2) is 13.7. The highest BCUT2D eigenvalue weighted by atomic mass is 127. The molecule has 0 spiro atoms. The van der Waals surface area contributed by atoms with Crippen LogP contribution < -0.4 is 16.0 Å². The standard InChI is InChI=1S/C20H25ClN4OS.HI/c1-3-23-19(26)16-6-4-5-15(13-16)14-25-20(22-2)24-11-12-27-18-9-7-17(21)8-10-18;/h4-10,13H,3,11-12,14H2,1-2H3,(H,23,26)(H2,22,24,25);1H. The van der Waals surface area contributed by atoms with E-state index in [0.29, 0.717) is 18.7 Å². The van der Waals surface area contributed by atoms with Crippen molar-refractivity contribution >= 4 is 59.2 Å². The fourth-order valence-corrected chi connectivity index (χ4v) is 3.26. The molecule has 2 aromatic carbocycles. The Labute approximate surface area is 193 Å². The van der Waals surface area contributed by atoms with Crippen molar-refractivity contribution in [2.45, 2.75) is 18.4 Å². The first-order valence-electron chi connectivity index (χ1n) is 8.82. The van der Waals surface area contributed by atoms with E-state index < -0.39 is 0 Å². The lowest BCUT2D eigenvalue weighted by atomic mass is 10.1. The molecule has 8 heteroatoms. The van der Waals surface area contributed by atoms with Crippen molar-refractivity contribution in [3.05, 3.63) is 64.7 Å². The molecular formula is C20H26ClIN4OS. The lowest BCUT2D eigenvalue weighted by Gasteiger charge is -2.12. The van der Waals surface area contributed by atoms with Gasteiger partial charge < -0.3 is 16.0 Å². The van der Waals surface area contributed by atoms with Crippen LogP contribution >= 0.6 is 47.3 Å². The van der Waals surface area contributed by atoms with Gasteiger partial charge in [0.2, 0.25) is 0 Å². The van der Waals surface area contributed by atoms with Crippen LogP contribution in [0.25, 0.3) is 0 Å². The van der Waals surface area contributed by atoms with Crippen molar-refractivity contribution in [2.75, 3.05) is 25.9 Å². The third-order valence-corrected chi connectivity index (χ3v) is 4.95. The van der Waals surface area contributed by atoms with E-state index in [0.717, 1.165) is 28.8 Å². The molecule has 0 aliphatic carbocycles. The van der Waals surface area contributed by atoms with Crippen molar-refractivity contribution in [3.63, 3.8) is 0 Å². The summed E-state index contributed by atoms with van der Waals surface area (Å²) in [6.45, 7) is 3.90. The van der Waals surface area contributed by atoms with Gasteiger partial charge in [-0.2, -0.15) is 0 Å². The summed E-state index contributed by atoms with van der Waals surface area (Å²) in [6.07, 6.45) is 0. The summed E-state index contributed by atoms with van der Waals surface area (Å²) in [5.41, 5.74) is 1.69. The lowest BCUT2D eigenvalue weighted by molar-refractivity contribution is 0.0955. The Hall–Kier alpha value is -1.45. The first kappa shape index (κ1) is 24.6. The van der Waals surface area contributed by atoms with E-state index in [2.05, 4.69) is 20.9 Å². The van der Waals surface area contributed by atoms with Gasteiger partial charge in [0.15, 0.2) is 5.96 Å². The van der Waals surface area contributed by atoms with Crippen LogP contribution in [0.15, 0.2) is 58.4 Å². The molecule has 0 saturated carbocycles. The number of nitrogens with one attached hydrogen (secondary N) is 3. The van der Waals surface area contributed by atoms with Gasteiger partial charge in [0.05, 0.1) is 0 Å². The van der Waals surface area contributed by atoms with E-state index in [1.54, 1.807) is 18.8 Å². The van der Waals surface area contributed by atoms with E-state index in [9.17, 15) is 4.79 Å². The summed E-state index contributed by atoms with van der Waals surface area (Å²) in [6, 6.07) is 15.4. The molecule has 0 unspecified atom stereocenters. The lowest BCUT2D eigenvalue weighted by Crippen LogP contribution is -2.38. The molecule has 0 saturated heterocycles. The molecule has 0 aliphatic rings. The van der Waals surface area contributed by atoms with Gasteiger partial charge in [-0.3, -0.25) is 9.79 Å². The molecule has 3 N–H and O–H groups in total. The van der Waals surface area contributed by atoms with Crippen LogP contribution in [-0.2, 0) is 6.54 Å². The normalized spacial score (nSPS) is 10.8. The molecule has 28 heavy (non-hydrogen) atoms. The largest absolute Gasteiger partial charge is 0.356 e. The number of amides is 1. The van der Waals surface area contributed by atoms with Gasteiger partial charge in [0.25, 0.3) is 5.91 Å². The highest BCUT2D eigenvalue weighted by Gasteiger charge is 2.05. The summed E-state index contributed by atoms with van der Waals surface area (Å²) in [7, 11) is 1.74. The Bertz CT molecular complexity index is 771. The second-order valence-electron chi connectivity index (χ2n) is 5.71. The molecule has 5 nitrogen and oxygen atoms in total. The van der Waals surface area contributed by atoms with Crippen LogP contribution in [-0.4, -0.2) is 37.8 Å². The van der Waals surface area contributed by atoms with Gasteiger partial charge in [0.1, 0.15) is 0 Å². The zero-order valence-electron chi connectivity index (χ0n) is 16.0. The number of guanidine groups is 1. The van der Waals surface area contributed by atoms with Crippen molar-refractivity contribution in [3.8, 4) is 0 Å². The highest BCUT2D eigenvalue weighted by molar-refractivity contribution is 14.0. The molecule has 0 aromatic heterocycles. The van der Waals surface area contributed by atoms with E-state index in [1.807, 2.05) is 55.5 Å². The number of hydrogen-bond donors (Lipinski definition) is 3. The van der Waals surface area contributed by atoms with Gasteiger partial charge in [-0.25, -0.2) is 0 Å². The van der Waals surface area contributed by atoms with Crippen molar-refractivity contribution < 1.29 is 4.79 Å².